The van der Waals surface area contributed by atoms with E-state index >= 15 is 0 Å². The molecular formula is C8H14N2O. The SMILES string of the molecule is OC1CN2CCC23CCN3C1. The Kier molecular flexibility index (Phi) is 1.04. The van der Waals surface area contributed by atoms with Crippen LogP contribution in [0.4, 0.5) is 0 Å². The first kappa shape index (κ1) is 6.40. The first-order valence-electron chi connectivity index (χ1n) is 4.49. The number of hydrogen-bond acceptors (Lipinski definition) is 3. The van der Waals surface area contributed by atoms with Crippen LogP contribution in [-0.2, 0) is 0 Å². The van der Waals surface area contributed by atoms with E-state index < -0.39 is 0 Å². The van der Waals surface area contributed by atoms with Gasteiger partial charge in [-0.3, -0.25) is 9.80 Å². The zero-order chi connectivity index (χ0) is 7.47. The molecule has 0 bridgehead atoms. The predicted octanol–water partition coefficient (Wildman–Crippen LogP) is -0.531. The summed E-state index contributed by atoms with van der Waals surface area (Å²) < 4.78 is 0. The summed E-state index contributed by atoms with van der Waals surface area (Å²) in [6, 6.07) is 0. The van der Waals surface area contributed by atoms with Crippen LogP contribution in [0.5, 0.6) is 0 Å². The fourth-order valence-electron chi connectivity index (χ4n) is 2.79. The van der Waals surface area contributed by atoms with E-state index in [4.69, 9.17) is 0 Å². The third-order valence-corrected chi connectivity index (χ3v) is 3.60. The topological polar surface area (TPSA) is 26.7 Å². The molecule has 3 aliphatic heterocycles. The van der Waals surface area contributed by atoms with Crippen molar-refractivity contribution in [1.82, 2.24) is 9.80 Å². The molecule has 1 spiro atoms. The van der Waals surface area contributed by atoms with E-state index in [1.807, 2.05) is 0 Å². The van der Waals surface area contributed by atoms with Gasteiger partial charge in [-0.1, -0.05) is 0 Å². The van der Waals surface area contributed by atoms with Gasteiger partial charge in [-0.15, -0.1) is 0 Å². The summed E-state index contributed by atoms with van der Waals surface area (Å²) in [4.78, 5) is 4.87. The third-order valence-electron chi connectivity index (χ3n) is 3.60. The molecule has 0 aromatic heterocycles. The van der Waals surface area contributed by atoms with Gasteiger partial charge in [-0.05, 0) is 12.8 Å². The fourth-order valence-corrected chi connectivity index (χ4v) is 2.79. The molecule has 0 saturated carbocycles. The largest absolute Gasteiger partial charge is 0.390 e. The van der Waals surface area contributed by atoms with Crippen molar-refractivity contribution < 1.29 is 5.11 Å². The molecule has 3 saturated heterocycles. The third kappa shape index (κ3) is 0.604. The molecule has 0 unspecified atom stereocenters. The van der Waals surface area contributed by atoms with Crippen molar-refractivity contribution in [1.29, 1.82) is 0 Å². The van der Waals surface area contributed by atoms with E-state index in [0.717, 1.165) is 13.1 Å². The molecule has 3 rings (SSSR count). The Bertz CT molecular complexity index is 175. The lowest BCUT2D eigenvalue weighted by atomic mass is 9.79. The van der Waals surface area contributed by atoms with E-state index in [0.29, 0.717) is 5.66 Å². The smallest absolute Gasteiger partial charge is 0.0795 e. The van der Waals surface area contributed by atoms with Gasteiger partial charge in [-0.2, -0.15) is 0 Å². The van der Waals surface area contributed by atoms with Crippen molar-refractivity contribution >= 4 is 0 Å². The average Bonchev–Trinajstić information content (AvgIpc) is 1.89. The first-order valence-corrected chi connectivity index (χ1v) is 4.49. The maximum absolute atomic E-state index is 9.47. The highest BCUT2D eigenvalue weighted by atomic mass is 16.3. The van der Waals surface area contributed by atoms with E-state index in [2.05, 4.69) is 9.80 Å². The zero-order valence-corrected chi connectivity index (χ0v) is 6.66. The van der Waals surface area contributed by atoms with Crippen molar-refractivity contribution in [2.45, 2.75) is 24.6 Å². The number of aliphatic hydroxyl groups is 1. The van der Waals surface area contributed by atoms with Gasteiger partial charge in [-0.25, -0.2) is 0 Å². The lowest BCUT2D eigenvalue weighted by Gasteiger charge is -2.68. The summed E-state index contributed by atoms with van der Waals surface area (Å²) in [6.45, 7) is 4.23. The fraction of sp³-hybridized carbons (Fsp3) is 1.00. The molecule has 0 atom stereocenters. The molecule has 11 heavy (non-hydrogen) atoms. The highest BCUT2D eigenvalue weighted by Crippen LogP contribution is 2.46. The van der Waals surface area contributed by atoms with Gasteiger partial charge in [0.1, 0.15) is 0 Å². The van der Waals surface area contributed by atoms with Gasteiger partial charge >= 0.3 is 0 Å². The van der Waals surface area contributed by atoms with Crippen LogP contribution >= 0.6 is 0 Å². The maximum Gasteiger partial charge on any atom is 0.0795 e. The minimum atomic E-state index is -0.0938. The van der Waals surface area contributed by atoms with Gasteiger partial charge < -0.3 is 5.11 Å². The first-order chi connectivity index (χ1) is 5.31. The van der Waals surface area contributed by atoms with Crippen LogP contribution in [0.15, 0.2) is 0 Å². The van der Waals surface area contributed by atoms with E-state index in [-0.39, 0.29) is 6.10 Å². The molecule has 3 heterocycles. The van der Waals surface area contributed by atoms with E-state index in [1.165, 1.54) is 25.9 Å². The summed E-state index contributed by atoms with van der Waals surface area (Å²) in [5, 5.41) is 9.47. The van der Waals surface area contributed by atoms with Crippen LogP contribution in [-0.4, -0.2) is 52.9 Å². The molecular weight excluding hydrogens is 140 g/mol. The van der Waals surface area contributed by atoms with Crippen LogP contribution in [0, 0.1) is 0 Å². The van der Waals surface area contributed by atoms with Crippen molar-refractivity contribution in [2.75, 3.05) is 26.2 Å². The van der Waals surface area contributed by atoms with Crippen LogP contribution < -0.4 is 0 Å². The standard InChI is InChI=1S/C8H14N2O/c11-7-5-9-3-1-8(9)2-4-10(8)6-7/h7,11H,1-6H2. The molecule has 0 amide bonds. The Labute approximate surface area is 66.6 Å². The van der Waals surface area contributed by atoms with Crippen LogP contribution in [0.1, 0.15) is 12.8 Å². The van der Waals surface area contributed by atoms with E-state index in [1.54, 1.807) is 0 Å². The molecule has 3 heteroatoms. The van der Waals surface area contributed by atoms with Crippen molar-refractivity contribution in [3.05, 3.63) is 0 Å². The normalized spacial score (nSPS) is 36.8. The highest BCUT2D eigenvalue weighted by molar-refractivity contribution is 5.09. The average molecular weight is 154 g/mol. The monoisotopic (exact) mass is 154 g/mol. The highest BCUT2D eigenvalue weighted by Gasteiger charge is 2.57. The van der Waals surface area contributed by atoms with Crippen molar-refractivity contribution in [3.63, 3.8) is 0 Å². The maximum atomic E-state index is 9.47. The summed E-state index contributed by atoms with van der Waals surface area (Å²) in [7, 11) is 0. The van der Waals surface area contributed by atoms with Gasteiger partial charge in [0.25, 0.3) is 0 Å². The van der Waals surface area contributed by atoms with Gasteiger partial charge in [0, 0.05) is 26.2 Å². The molecule has 3 fully saturated rings. The zero-order valence-electron chi connectivity index (χ0n) is 6.66. The van der Waals surface area contributed by atoms with Crippen LogP contribution in [0.3, 0.4) is 0 Å². The molecule has 3 nitrogen and oxygen atoms in total. The predicted molar refractivity (Wildman–Crippen MR) is 41.1 cm³/mol. The van der Waals surface area contributed by atoms with Crippen LogP contribution in [0.2, 0.25) is 0 Å². The minimum absolute atomic E-state index is 0.0938. The van der Waals surface area contributed by atoms with Gasteiger partial charge in [0.15, 0.2) is 0 Å². The molecule has 3 aliphatic rings. The van der Waals surface area contributed by atoms with Crippen LogP contribution in [0.25, 0.3) is 0 Å². The number of nitrogens with zero attached hydrogens (tertiary/aromatic N) is 2. The van der Waals surface area contributed by atoms with E-state index in [9.17, 15) is 5.11 Å². The van der Waals surface area contributed by atoms with Gasteiger partial charge in [0.05, 0.1) is 11.8 Å². The molecule has 0 aliphatic carbocycles. The molecule has 0 aromatic carbocycles. The second-order valence-corrected chi connectivity index (χ2v) is 4.03. The number of hydrogen-bond donors (Lipinski definition) is 1. The molecule has 1 N–H and O–H groups in total. The Hall–Kier alpha value is -0.120. The second kappa shape index (κ2) is 1.79. The molecule has 0 aromatic rings. The Morgan fingerprint density at radius 2 is 1.64 bits per heavy atom. The Balaban J connectivity index is 1.85. The summed E-state index contributed by atoms with van der Waals surface area (Å²) in [6.07, 6.45) is 2.57. The van der Waals surface area contributed by atoms with Crippen molar-refractivity contribution in [2.24, 2.45) is 0 Å². The van der Waals surface area contributed by atoms with Crippen molar-refractivity contribution in [3.8, 4) is 0 Å². The summed E-state index contributed by atoms with van der Waals surface area (Å²) in [5.41, 5.74) is 0.444. The lowest BCUT2D eigenvalue weighted by Crippen LogP contribution is -2.80. The summed E-state index contributed by atoms with van der Waals surface area (Å²) >= 11 is 0. The molecule has 62 valence electrons. The second-order valence-electron chi connectivity index (χ2n) is 4.03. The molecule has 0 radical (unpaired) electrons. The quantitative estimate of drug-likeness (QED) is 0.508. The Morgan fingerprint density at radius 3 is 2.00 bits per heavy atom. The van der Waals surface area contributed by atoms with Gasteiger partial charge in [0.2, 0.25) is 0 Å². The number of aliphatic hydroxyl groups excluding tert-OH is 1. The lowest BCUT2D eigenvalue weighted by molar-refractivity contribution is -0.243. The minimum Gasteiger partial charge on any atom is -0.390 e. The number of rotatable bonds is 0. The summed E-state index contributed by atoms with van der Waals surface area (Å²) in [5.74, 6) is 0. The Morgan fingerprint density at radius 1 is 1.09 bits per heavy atom.